The molecule has 0 radical (unpaired) electrons. The third-order valence-electron chi connectivity index (χ3n) is 4.36. The van der Waals surface area contributed by atoms with E-state index in [2.05, 4.69) is 22.9 Å². The number of carbonyl (C=O) groups is 1. The molecule has 0 aromatic heterocycles. The van der Waals surface area contributed by atoms with Crippen LogP contribution in [-0.4, -0.2) is 18.5 Å². The fourth-order valence-electron chi connectivity index (χ4n) is 2.84. The van der Waals surface area contributed by atoms with Crippen LogP contribution in [0.15, 0.2) is 22.7 Å². The van der Waals surface area contributed by atoms with E-state index in [9.17, 15) is 9.18 Å². The molecular weight excluding hydrogens is 323 g/mol. The number of methoxy groups -OCH3 is 1. The Labute approximate surface area is 127 Å². The van der Waals surface area contributed by atoms with Crippen LogP contribution in [0.25, 0.3) is 0 Å². The third kappa shape index (κ3) is 3.12. The van der Waals surface area contributed by atoms with Crippen molar-refractivity contribution in [2.45, 2.75) is 44.6 Å². The van der Waals surface area contributed by atoms with Crippen molar-refractivity contribution in [3.8, 4) is 0 Å². The summed E-state index contributed by atoms with van der Waals surface area (Å²) in [5.41, 5.74) is 0.00295. The molecule has 1 aliphatic rings. The summed E-state index contributed by atoms with van der Waals surface area (Å²) in [6.07, 6.45) is 3.74. The lowest BCUT2D eigenvalue weighted by molar-refractivity contribution is -0.145. The first-order valence-electron chi connectivity index (χ1n) is 7.00. The van der Waals surface area contributed by atoms with Crippen LogP contribution in [0.5, 0.6) is 0 Å². The zero-order chi connectivity index (χ0) is 14.8. The van der Waals surface area contributed by atoms with Crippen LogP contribution in [0, 0.1) is 11.7 Å². The van der Waals surface area contributed by atoms with Crippen molar-refractivity contribution in [3.63, 3.8) is 0 Å². The van der Waals surface area contributed by atoms with Crippen LogP contribution in [0.4, 0.5) is 4.39 Å². The fraction of sp³-hybridized carbons (Fsp3) is 0.562. The number of benzene rings is 1. The van der Waals surface area contributed by atoms with Gasteiger partial charge in [0.2, 0.25) is 0 Å². The lowest BCUT2D eigenvalue weighted by Gasteiger charge is -2.37. The number of hydrogen-bond acceptors (Lipinski definition) is 2. The minimum absolute atomic E-state index is 0.0539. The summed E-state index contributed by atoms with van der Waals surface area (Å²) >= 11 is 3.21. The van der Waals surface area contributed by atoms with Crippen LogP contribution in [0.1, 0.15) is 38.2 Å². The van der Waals surface area contributed by atoms with Gasteiger partial charge in [-0.3, -0.25) is 4.79 Å². The Kier molecular flexibility index (Phi) is 4.97. The van der Waals surface area contributed by atoms with Gasteiger partial charge in [-0.2, -0.15) is 0 Å². The van der Waals surface area contributed by atoms with Gasteiger partial charge in [-0.05, 0) is 59.2 Å². The molecule has 1 aromatic rings. The van der Waals surface area contributed by atoms with Crippen molar-refractivity contribution in [3.05, 3.63) is 34.1 Å². The first kappa shape index (κ1) is 15.6. The number of rotatable bonds is 4. The van der Waals surface area contributed by atoms with Gasteiger partial charge in [0.1, 0.15) is 11.4 Å². The minimum Gasteiger partial charge on any atom is -0.370 e. The van der Waals surface area contributed by atoms with Crippen LogP contribution < -0.4 is 0 Å². The molecule has 1 aromatic carbocycles. The molecule has 0 aliphatic heterocycles. The van der Waals surface area contributed by atoms with E-state index in [1.807, 2.05) is 0 Å². The molecule has 1 fully saturated rings. The average molecular weight is 343 g/mol. The fourth-order valence-corrected chi connectivity index (χ4v) is 3.25. The summed E-state index contributed by atoms with van der Waals surface area (Å²) in [6, 6.07) is 4.79. The molecule has 0 N–H and O–H groups in total. The maximum absolute atomic E-state index is 13.5. The predicted octanol–water partition coefficient (Wildman–Crippen LogP) is 4.30. The topological polar surface area (TPSA) is 26.3 Å². The molecule has 0 heterocycles. The van der Waals surface area contributed by atoms with Crippen molar-refractivity contribution < 1.29 is 13.9 Å². The van der Waals surface area contributed by atoms with E-state index in [4.69, 9.17) is 4.74 Å². The van der Waals surface area contributed by atoms with Gasteiger partial charge in [0.05, 0.1) is 4.47 Å². The summed E-state index contributed by atoms with van der Waals surface area (Å²) in [7, 11) is 1.61. The Hall–Kier alpha value is -0.740. The van der Waals surface area contributed by atoms with Gasteiger partial charge in [0, 0.05) is 13.5 Å². The van der Waals surface area contributed by atoms with E-state index < -0.39 is 5.60 Å². The Morgan fingerprint density at radius 2 is 2.10 bits per heavy atom. The smallest absolute Gasteiger partial charge is 0.168 e. The number of ketones is 1. The largest absolute Gasteiger partial charge is 0.370 e. The van der Waals surface area contributed by atoms with Gasteiger partial charge in [-0.15, -0.1) is 0 Å². The van der Waals surface area contributed by atoms with E-state index >= 15 is 0 Å². The number of Topliss-reactive ketones (excluding diaryl/α,β-unsaturated/α-hetero) is 1. The second kappa shape index (κ2) is 6.35. The van der Waals surface area contributed by atoms with Crippen molar-refractivity contribution >= 4 is 21.7 Å². The summed E-state index contributed by atoms with van der Waals surface area (Å²) in [5.74, 6) is 0.365. The zero-order valence-electron chi connectivity index (χ0n) is 11.9. The molecule has 2 nitrogen and oxygen atoms in total. The van der Waals surface area contributed by atoms with Crippen molar-refractivity contribution in [1.82, 2.24) is 0 Å². The Bertz CT molecular complexity index is 493. The van der Waals surface area contributed by atoms with E-state index in [0.717, 1.165) is 25.7 Å². The zero-order valence-corrected chi connectivity index (χ0v) is 13.5. The molecule has 1 aliphatic carbocycles. The van der Waals surface area contributed by atoms with E-state index in [0.29, 0.717) is 16.0 Å². The van der Waals surface area contributed by atoms with Crippen LogP contribution in [0.2, 0.25) is 0 Å². The first-order chi connectivity index (χ1) is 9.48. The maximum atomic E-state index is 13.5. The molecule has 110 valence electrons. The molecule has 20 heavy (non-hydrogen) atoms. The van der Waals surface area contributed by atoms with Crippen LogP contribution in [-0.2, 0) is 16.0 Å². The van der Waals surface area contributed by atoms with Gasteiger partial charge in [0.15, 0.2) is 5.78 Å². The van der Waals surface area contributed by atoms with Crippen molar-refractivity contribution in [2.24, 2.45) is 5.92 Å². The monoisotopic (exact) mass is 342 g/mol. The Morgan fingerprint density at radius 3 is 2.70 bits per heavy atom. The van der Waals surface area contributed by atoms with E-state index in [1.54, 1.807) is 19.2 Å². The lowest BCUT2D eigenvalue weighted by Crippen LogP contribution is -2.44. The highest BCUT2D eigenvalue weighted by atomic mass is 79.9. The van der Waals surface area contributed by atoms with Gasteiger partial charge in [-0.25, -0.2) is 4.39 Å². The highest BCUT2D eigenvalue weighted by Gasteiger charge is 2.40. The Morgan fingerprint density at radius 1 is 1.45 bits per heavy atom. The number of ether oxygens (including phenoxy) is 1. The molecule has 1 saturated carbocycles. The quantitative estimate of drug-likeness (QED) is 0.815. The lowest BCUT2D eigenvalue weighted by atomic mass is 9.76. The summed E-state index contributed by atoms with van der Waals surface area (Å²) in [6.45, 7) is 2.20. The number of halogens is 2. The maximum Gasteiger partial charge on any atom is 0.168 e. The average Bonchev–Trinajstić information content (AvgIpc) is 2.45. The minimum atomic E-state index is -0.682. The third-order valence-corrected chi connectivity index (χ3v) is 5.25. The highest BCUT2D eigenvalue weighted by molar-refractivity contribution is 9.10. The Balaban J connectivity index is 2.16. The standard InChI is InChI=1S/C16H20BrFO2/c1-11-6-8-16(20-2,9-7-11)14(19)10-12-4-3-5-13(18)15(12)17/h3-5,11H,6-10H2,1-2H3. The van der Waals surface area contributed by atoms with Crippen molar-refractivity contribution in [1.29, 1.82) is 0 Å². The summed E-state index contributed by atoms with van der Waals surface area (Å²) < 4.78 is 19.5. The van der Waals surface area contributed by atoms with Gasteiger partial charge >= 0.3 is 0 Å². The summed E-state index contributed by atoms with van der Waals surface area (Å²) in [5, 5.41) is 0. The van der Waals surface area contributed by atoms with Crippen molar-refractivity contribution in [2.75, 3.05) is 7.11 Å². The van der Waals surface area contributed by atoms with E-state index in [-0.39, 0.29) is 18.0 Å². The molecule has 0 atom stereocenters. The first-order valence-corrected chi connectivity index (χ1v) is 7.79. The van der Waals surface area contributed by atoms with Crippen LogP contribution >= 0.6 is 15.9 Å². The SMILES string of the molecule is COC1(C(=O)Cc2cccc(F)c2Br)CCC(C)CC1. The molecule has 0 amide bonds. The molecule has 0 saturated heterocycles. The van der Waals surface area contributed by atoms with Gasteiger partial charge < -0.3 is 4.74 Å². The highest BCUT2D eigenvalue weighted by Crippen LogP contribution is 2.36. The second-order valence-corrected chi connectivity index (χ2v) is 6.49. The van der Waals surface area contributed by atoms with Gasteiger partial charge in [0.25, 0.3) is 0 Å². The molecule has 4 heteroatoms. The molecule has 2 rings (SSSR count). The summed E-state index contributed by atoms with van der Waals surface area (Å²) in [4.78, 5) is 12.6. The second-order valence-electron chi connectivity index (χ2n) is 5.69. The van der Waals surface area contributed by atoms with Gasteiger partial charge in [-0.1, -0.05) is 19.1 Å². The number of hydrogen-bond donors (Lipinski definition) is 0. The molecule has 0 bridgehead atoms. The van der Waals surface area contributed by atoms with Crippen LogP contribution in [0.3, 0.4) is 0 Å². The normalized spacial score (nSPS) is 26.5. The molecule has 0 spiro atoms. The van der Waals surface area contributed by atoms with E-state index in [1.165, 1.54) is 6.07 Å². The number of carbonyl (C=O) groups excluding carboxylic acids is 1. The molecular formula is C16H20BrFO2. The molecule has 0 unspecified atom stereocenters. The predicted molar refractivity (Wildman–Crippen MR) is 80.2 cm³/mol.